The van der Waals surface area contributed by atoms with Crippen LogP contribution in [0.3, 0.4) is 0 Å². The molecule has 0 aliphatic rings. The molecular weight excluding hydrogens is 299 g/mol. The number of nitrogens with one attached hydrogen (secondary N) is 1. The second-order valence-corrected chi connectivity index (χ2v) is 5.69. The minimum Gasteiger partial charge on any atom is -0.325 e. The number of halogens is 1. The Morgan fingerprint density at radius 1 is 1.09 bits per heavy atom. The van der Waals surface area contributed by atoms with Crippen LogP contribution in [-0.4, -0.2) is 16.6 Å². The van der Waals surface area contributed by atoms with Gasteiger partial charge in [-0.05, 0) is 36.4 Å². The number of nitrogens with zero attached hydrogens (tertiary/aromatic N) is 1. The van der Waals surface area contributed by atoms with Crippen LogP contribution in [0.1, 0.15) is 0 Å². The van der Waals surface area contributed by atoms with Crippen LogP contribution >= 0.6 is 11.8 Å². The standard InChI is InChI=1S/C17H13FN2OS/c18-13-6-8-14(9-7-13)20-16(21)11-22-15-5-1-3-12-4-2-10-19-17(12)15/h1-10H,11H2,(H,20,21). The zero-order valence-electron chi connectivity index (χ0n) is 11.6. The maximum atomic E-state index is 12.8. The first-order valence-electron chi connectivity index (χ1n) is 6.74. The number of para-hydroxylation sites is 1. The Bertz CT molecular complexity index is 800. The molecule has 0 bridgehead atoms. The van der Waals surface area contributed by atoms with Crippen molar-refractivity contribution < 1.29 is 9.18 Å². The fraction of sp³-hybridized carbons (Fsp3) is 0.0588. The molecule has 0 aliphatic heterocycles. The summed E-state index contributed by atoms with van der Waals surface area (Å²) in [6.07, 6.45) is 1.74. The second kappa shape index (κ2) is 6.58. The predicted molar refractivity (Wildman–Crippen MR) is 87.5 cm³/mol. The normalized spacial score (nSPS) is 10.6. The van der Waals surface area contributed by atoms with Crippen LogP contribution in [0, 0.1) is 5.82 Å². The van der Waals surface area contributed by atoms with E-state index in [9.17, 15) is 9.18 Å². The summed E-state index contributed by atoms with van der Waals surface area (Å²) in [4.78, 5) is 17.3. The van der Waals surface area contributed by atoms with Crippen LogP contribution < -0.4 is 5.32 Å². The van der Waals surface area contributed by atoms with E-state index in [1.807, 2.05) is 30.3 Å². The molecule has 0 unspecified atom stereocenters. The number of aromatic nitrogens is 1. The predicted octanol–water partition coefficient (Wildman–Crippen LogP) is 4.10. The number of hydrogen-bond donors (Lipinski definition) is 1. The summed E-state index contributed by atoms with van der Waals surface area (Å²) in [5.74, 6) is -0.189. The fourth-order valence-electron chi connectivity index (χ4n) is 2.07. The quantitative estimate of drug-likeness (QED) is 0.737. The third-order valence-corrected chi connectivity index (χ3v) is 4.13. The van der Waals surface area contributed by atoms with Crippen LogP contribution in [0.25, 0.3) is 10.9 Å². The Labute approximate surface area is 131 Å². The van der Waals surface area contributed by atoms with Crippen molar-refractivity contribution in [1.82, 2.24) is 4.98 Å². The van der Waals surface area contributed by atoms with Crippen LogP contribution in [0.15, 0.2) is 65.7 Å². The van der Waals surface area contributed by atoms with Gasteiger partial charge in [0, 0.05) is 22.2 Å². The van der Waals surface area contributed by atoms with Crippen LogP contribution in [0.5, 0.6) is 0 Å². The number of rotatable bonds is 4. The highest BCUT2D eigenvalue weighted by Gasteiger charge is 2.07. The van der Waals surface area contributed by atoms with Gasteiger partial charge in [0.25, 0.3) is 0 Å². The van der Waals surface area contributed by atoms with Gasteiger partial charge in [0.05, 0.1) is 11.3 Å². The summed E-state index contributed by atoms with van der Waals surface area (Å²) in [7, 11) is 0. The van der Waals surface area contributed by atoms with E-state index >= 15 is 0 Å². The van der Waals surface area contributed by atoms with Crippen LogP contribution in [0.2, 0.25) is 0 Å². The van der Waals surface area contributed by atoms with Crippen molar-refractivity contribution >= 4 is 34.3 Å². The number of fused-ring (bicyclic) bond motifs is 1. The van der Waals surface area contributed by atoms with Crippen LogP contribution in [-0.2, 0) is 4.79 Å². The third-order valence-electron chi connectivity index (χ3n) is 3.08. The van der Waals surface area contributed by atoms with Crippen molar-refractivity contribution in [2.45, 2.75) is 4.90 Å². The topological polar surface area (TPSA) is 42.0 Å². The van der Waals surface area contributed by atoms with Gasteiger partial charge in [0.15, 0.2) is 0 Å². The van der Waals surface area contributed by atoms with E-state index in [0.29, 0.717) is 5.69 Å². The average Bonchev–Trinajstić information content (AvgIpc) is 2.55. The molecule has 0 atom stereocenters. The first-order valence-corrected chi connectivity index (χ1v) is 7.73. The SMILES string of the molecule is O=C(CSc1cccc2cccnc12)Nc1ccc(F)cc1. The molecule has 2 aromatic carbocycles. The monoisotopic (exact) mass is 312 g/mol. The number of carbonyl (C=O) groups is 1. The van der Waals surface area contributed by atoms with E-state index in [0.717, 1.165) is 15.8 Å². The summed E-state index contributed by atoms with van der Waals surface area (Å²) < 4.78 is 12.8. The van der Waals surface area contributed by atoms with E-state index in [1.54, 1.807) is 6.20 Å². The lowest BCUT2D eigenvalue weighted by Crippen LogP contribution is -2.13. The highest BCUT2D eigenvalue weighted by atomic mass is 32.2. The molecule has 110 valence electrons. The smallest absolute Gasteiger partial charge is 0.234 e. The fourth-order valence-corrected chi connectivity index (χ4v) is 2.91. The molecule has 3 nitrogen and oxygen atoms in total. The Hall–Kier alpha value is -2.40. The largest absolute Gasteiger partial charge is 0.325 e. The lowest BCUT2D eigenvalue weighted by molar-refractivity contribution is -0.113. The van der Waals surface area contributed by atoms with Crippen molar-refractivity contribution in [3.63, 3.8) is 0 Å². The van der Waals surface area contributed by atoms with Crippen molar-refractivity contribution in [1.29, 1.82) is 0 Å². The summed E-state index contributed by atoms with van der Waals surface area (Å²) >= 11 is 1.43. The molecule has 3 aromatic rings. The molecule has 0 aliphatic carbocycles. The second-order valence-electron chi connectivity index (χ2n) is 4.68. The first kappa shape index (κ1) is 14.5. The van der Waals surface area contributed by atoms with Crippen molar-refractivity contribution in [3.8, 4) is 0 Å². The number of thioether (sulfide) groups is 1. The van der Waals surface area contributed by atoms with E-state index < -0.39 is 0 Å². The summed E-state index contributed by atoms with van der Waals surface area (Å²) in [5, 5.41) is 3.79. The molecule has 0 saturated heterocycles. The van der Waals surface area contributed by atoms with Gasteiger partial charge in [-0.3, -0.25) is 9.78 Å². The van der Waals surface area contributed by atoms with Gasteiger partial charge in [0.2, 0.25) is 5.91 Å². The Morgan fingerprint density at radius 3 is 2.68 bits per heavy atom. The molecule has 5 heteroatoms. The van der Waals surface area contributed by atoms with Gasteiger partial charge in [-0.1, -0.05) is 18.2 Å². The van der Waals surface area contributed by atoms with E-state index in [-0.39, 0.29) is 17.5 Å². The zero-order chi connectivity index (χ0) is 15.4. The maximum Gasteiger partial charge on any atom is 0.234 e. The molecule has 0 radical (unpaired) electrons. The van der Waals surface area contributed by atoms with Gasteiger partial charge in [-0.2, -0.15) is 0 Å². The van der Waals surface area contributed by atoms with Gasteiger partial charge >= 0.3 is 0 Å². The molecule has 3 rings (SSSR count). The average molecular weight is 312 g/mol. The molecule has 1 amide bonds. The highest BCUT2D eigenvalue weighted by molar-refractivity contribution is 8.00. The summed E-state index contributed by atoms with van der Waals surface area (Å²) in [6.45, 7) is 0. The summed E-state index contributed by atoms with van der Waals surface area (Å²) in [5.41, 5.74) is 1.48. The van der Waals surface area contributed by atoms with Crippen molar-refractivity contribution in [2.24, 2.45) is 0 Å². The number of pyridine rings is 1. The Balaban J connectivity index is 1.66. The Morgan fingerprint density at radius 2 is 1.86 bits per heavy atom. The minimum atomic E-state index is -0.325. The maximum absolute atomic E-state index is 12.8. The molecule has 0 spiro atoms. The molecule has 1 heterocycles. The zero-order valence-corrected chi connectivity index (χ0v) is 12.4. The van der Waals surface area contributed by atoms with E-state index in [1.165, 1.54) is 36.0 Å². The van der Waals surface area contributed by atoms with Gasteiger partial charge in [-0.25, -0.2) is 4.39 Å². The minimum absolute atomic E-state index is 0.135. The lowest BCUT2D eigenvalue weighted by Gasteiger charge is -2.07. The highest BCUT2D eigenvalue weighted by Crippen LogP contribution is 2.26. The number of anilines is 1. The molecule has 0 fully saturated rings. The molecule has 1 N–H and O–H groups in total. The molecule has 0 saturated carbocycles. The molecule has 1 aromatic heterocycles. The van der Waals surface area contributed by atoms with Gasteiger partial charge in [-0.15, -0.1) is 11.8 Å². The van der Waals surface area contributed by atoms with E-state index in [4.69, 9.17) is 0 Å². The number of hydrogen-bond acceptors (Lipinski definition) is 3. The molecular formula is C17H13FN2OS. The van der Waals surface area contributed by atoms with Gasteiger partial charge in [0.1, 0.15) is 5.82 Å². The van der Waals surface area contributed by atoms with Crippen molar-refractivity contribution in [2.75, 3.05) is 11.1 Å². The molecule has 22 heavy (non-hydrogen) atoms. The van der Waals surface area contributed by atoms with Crippen molar-refractivity contribution in [3.05, 3.63) is 66.6 Å². The first-order chi connectivity index (χ1) is 10.7. The third kappa shape index (κ3) is 3.43. The summed E-state index contributed by atoms with van der Waals surface area (Å²) in [6, 6.07) is 15.5. The lowest BCUT2D eigenvalue weighted by atomic mass is 10.2. The Kier molecular flexibility index (Phi) is 4.34. The number of benzene rings is 2. The number of amides is 1. The number of carbonyl (C=O) groups excluding carboxylic acids is 1. The van der Waals surface area contributed by atoms with Gasteiger partial charge < -0.3 is 5.32 Å². The van der Waals surface area contributed by atoms with Crippen LogP contribution in [0.4, 0.5) is 10.1 Å². The van der Waals surface area contributed by atoms with E-state index in [2.05, 4.69) is 10.3 Å².